The van der Waals surface area contributed by atoms with Gasteiger partial charge in [0.15, 0.2) is 0 Å². The highest BCUT2D eigenvalue weighted by molar-refractivity contribution is 6.31. The van der Waals surface area contributed by atoms with Gasteiger partial charge in [-0.15, -0.1) is 0 Å². The van der Waals surface area contributed by atoms with E-state index in [1.165, 1.54) is 11.6 Å². The summed E-state index contributed by atoms with van der Waals surface area (Å²) in [4.78, 5) is 0. The summed E-state index contributed by atoms with van der Waals surface area (Å²) in [5, 5.41) is 8.27. The van der Waals surface area contributed by atoms with Crippen molar-refractivity contribution in [2.24, 2.45) is 0 Å². The van der Waals surface area contributed by atoms with Gasteiger partial charge in [-0.25, -0.2) is 4.39 Å². The van der Waals surface area contributed by atoms with Crippen LogP contribution in [0.3, 0.4) is 0 Å². The van der Waals surface area contributed by atoms with Gasteiger partial charge >= 0.3 is 0 Å². The molecule has 0 bridgehead atoms. The quantitative estimate of drug-likeness (QED) is 0.884. The van der Waals surface area contributed by atoms with Crippen LogP contribution in [-0.2, 0) is 25.9 Å². The molecule has 3 nitrogen and oxygen atoms in total. The molecule has 2 aromatic rings. The molecule has 1 aromatic carbocycles. The predicted octanol–water partition coefficient (Wildman–Crippen LogP) is 3.57. The topological polar surface area (TPSA) is 29.9 Å². The van der Waals surface area contributed by atoms with Crippen LogP contribution in [0.4, 0.5) is 4.39 Å². The summed E-state index contributed by atoms with van der Waals surface area (Å²) in [6.45, 7) is 5.32. The Bertz CT molecular complexity index is 602. The average Bonchev–Trinajstić information content (AvgIpc) is 2.80. The van der Waals surface area contributed by atoms with Crippen molar-refractivity contribution in [3.8, 4) is 0 Å². The average molecular weight is 310 g/mol. The second kappa shape index (κ2) is 7.05. The fourth-order valence-electron chi connectivity index (χ4n) is 2.61. The predicted molar refractivity (Wildman–Crippen MR) is 84.3 cm³/mol. The summed E-state index contributed by atoms with van der Waals surface area (Å²) >= 11 is 6.12. The molecule has 5 heteroatoms. The van der Waals surface area contributed by atoms with Crippen molar-refractivity contribution < 1.29 is 4.39 Å². The Morgan fingerprint density at radius 2 is 2.00 bits per heavy atom. The molecule has 0 aliphatic rings. The molecule has 2 rings (SSSR count). The van der Waals surface area contributed by atoms with Crippen LogP contribution < -0.4 is 5.32 Å². The van der Waals surface area contributed by atoms with Gasteiger partial charge in [0.05, 0.1) is 12.2 Å². The molecule has 0 aliphatic carbocycles. The maximum atomic E-state index is 14.0. The van der Waals surface area contributed by atoms with Crippen molar-refractivity contribution in [2.75, 3.05) is 7.05 Å². The van der Waals surface area contributed by atoms with E-state index in [1.54, 1.807) is 12.1 Å². The molecule has 0 amide bonds. The van der Waals surface area contributed by atoms with Crippen LogP contribution >= 0.6 is 11.6 Å². The Morgan fingerprint density at radius 3 is 2.57 bits per heavy atom. The number of aryl methyl sites for hydroxylation is 1. The van der Waals surface area contributed by atoms with Crippen LogP contribution in [0.5, 0.6) is 0 Å². The largest absolute Gasteiger partial charge is 0.316 e. The molecule has 0 fully saturated rings. The van der Waals surface area contributed by atoms with Gasteiger partial charge in [-0.1, -0.05) is 31.5 Å². The van der Waals surface area contributed by atoms with Gasteiger partial charge in [0.1, 0.15) is 5.82 Å². The summed E-state index contributed by atoms with van der Waals surface area (Å²) in [7, 11) is 1.92. The van der Waals surface area contributed by atoms with E-state index >= 15 is 0 Å². The van der Waals surface area contributed by atoms with Crippen molar-refractivity contribution in [2.45, 2.75) is 39.8 Å². The third kappa shape index (κ3) is 3.27. The summed E-state index contributed by atoms with van der Waals surface area (Å²) < 4.78 is 15.9. The number of nitrogens with zero attached hydrogens (tertiary/aromatic N) is 2. The lowest BCUT2D eigenvalue weighted by Gasteiger charge is -2.10. The van der Waals surface area contributed by atoms with E-state index in [9.17, 15) is 4.39 Å². The molecule has 0 saturated carbocycles. The molecule has 0 unspecified atom stereocenters. The summed E-state index contributed by atoms with van der Waals surface area (Å²) in [6, 6.07) is 4.77. The highest BCUT2D eigenvalue weighted by atomic mass is 35.5. The lowest BCUT2D eigenvalue weighted by atomic mass is 10.1. The van der Waals surface area contributed by atoms with Crippen molar-refractivity contribution in [1.29, 1.82) is 0 Å². The molecule has 0 radical (unpaired) electrons. The SMILES string of the molecule is CCc1nn(Cc2c(F)cccc2Cl)c(CC)c1CNC. The molecular weight excluding hydrogens is 289 g/mol. The third-order valence-electron chi connectivity index (χ3n) is 3.64. The first-order valence-electron chi connectivity index (χ1n) is 7.27. The summed E-state index contributed by atoms with van der Waals surface area (Å²) in [5.74, 6) is -0.284. The molecule has 114 valence electrons. The van der Waals surface area contributed by atoms with Crippen LogP contribution in [0.25, 0.3) is 0 Å². The fraction of sp³-hybridized carbons (Fsp3) is 0.438. The minimum absolute atomic E-state index is 0.284. The van der Waals surface area contributed by atoms with E-state index in [0.717, 1.165) is 30.8 Å². The zero-order chi connectivity index (χ0) is 15.4. The lowest BCUT2D eigenvalue weighted by molar-refractivity contribution is 0.573. The molecular formula is C16H21ClFN3. The first kappa shape index (κ1) is 16.0. The number of benzene rings is 1. The number of halogens is 2. The second-order valence-electron chi connectivity index (χ2n) is 4.97. The number of rotatable bonds is 6. The van der Waals surface area contributed by atoms with Crippen LogP contribution in [0, 0.1) is 5.82 Å². The van der Waals surface area contributed by atoms with Gasteiger partial charge in [-0.3, -0.25) is 4.68 Å². The minimum atomic E-state index is -0.284. The van der Waals surface area contributed by atoms with E-state index in [2.05, 4.69) is 24.3 Å². The first-order chi connectivity index (χ1) is 10.1. The van der Waals surface area contributed by atoms with E-state index in [4.69, 9.17) is 11.6 Å². The van der Waals surface area contributed by atoms with Crippen molar-refractivity contribution >= 4 is 11.6 Å². The van der Waals surface area contributed by atoms with E-state index in [-0.39, 0.29) is 5.82 Å². The standard InChI is InChI=1S/C16H21ClFN3/c1-4-15-11(9-19-3)16(5-2)21(20-15)10-12-13(17)7-6-8-14(12)18/h6-8,19H,4-5,9-10H2,1-3H3. The van der Waals surface area contributed by atoms with Crippen LogP contribution in [0.15, 0.2) is 18.2 Å². The molecule has 1 aromatic heterocycles. The third-order valence-corrected chi connectivity index (χ3v) is 4.00. The van der Waals surface area contributed by atoms with Gasteiger partial charge in [-0.2, -0.15) is 5.10 Å². The smallest absolute Gasteiger partial charge is 0.129 e. The normalized spacial score (nSPS) is 11.1. The van der Waals surface area contributed by atoms with Gasteiger partial charge < -0.3 is 5.32 Å². The van der Waals surface area contributed by atoms with Crippen LogP contribution in [0.1, 0.15) is 36.4 Å². The second-order valence-corrected chi connectivity index (χ2v) is 5.37. The van der Waals surface area contributed by atoms with Crippen LogP contribution in [-0.4, -0.2) is 16.8 Å². The fourth-order valence-corrected chi connectivity index (χ4v) is 2.84. The molecule has 21 heavy (non-hydrogen) atoms. The molecule has 0 spiro atoms. The molecule has 1 N–H and O–H groups in total. The number of nitrogens with one attached hydrogen (secondary N) is 1. The monoisotopic (exact) mass is 309 g/mol. The molecule has 0 saturated heterocycles. The molecule has 1 heterocycles. The number of hydrogen-bond donors (Lipinski definition) is 1. The van der Waals surface area contributed by atoms with E-state index < -0.39 is 0 Å². The Kier molecular flexibility index (Phi) is 5.37. The summed E-state index contributed by atoms with van der Waals surface area (Å²) in [6.07, 6.45) is 1.72. The van der Waals surface area contributed by atoms with Gasteiger partial charge in [-0.05, 0) is 32.0 Å². The van der Waals surface area contributed by atoms with Crippen molar-refractivity contribution in [1.82, 2.24) is 15.1 Å². The van der Waals surface area contributed by atoms with Crippen molar-refractivity contribution in [3.63, 3.8) is 0 Å². The maximum absolute atomic E-state index is 14.0. The molecule has 0 atom stereocenters. The molecule has 0 aliphatic heterocycles. The Hall–Kier alpha value is -1.39. The van der Waals surface area contributed by atoms with Crippen molar-refractivity contribution in [3.05, 3.63) is 51.6 Å². The zero-order valence-corrected chi connectivity index (χ0v) is 13.5. The minimum Gasteiger partial charge on any atom is -0.316 e. The zero-order valence-electron chi connectivity index (χ0n) is 12.7. The highest BCUT2D eigenvalue weighted by Gasteiger charge is 2.17. The van der Waals surface area contributed by atoms with Crippen LogP contribution in [0.2, 0.25) is 5.02 Å². The van der Waals surface area contributed by atoms with Gasteiger partial charge in [0.25, 0.3) is 0 Å². The maximum Gasteiger partial charge on any atom is 0.129 e. The van der Waals surface area contributed by atoms with E-state index in [1.807, 2.05) is 11.7 Å². The first-order valence-corrected chi connectivity index (χ1v) is 7.65. The Morgan fingerprint density at radius 1 is 1.24 bits per heavy atom. The Balaban J connectivity index is 2.44. The Labute approximate surface area is 130 Å². The lowest BCUT2D eigenvalue weighted by Crippen LogP contribution is -2.11. The highest BCUT2D eigenvalue weighted by Crippen LogP contribution is 2.23. The summed E-state index contributed by atoms with van der Waals surface area (Å²) in [5.41, 5.74) is 3.92. The number of hydrogen-bond acceptors (Lipinski definition) is 2. The van der Waals surface area contributed by atoms with E-state index in [0.29, 0.717) is 17.1 Å². The number of aromatic nitrogens is 2. The van der Waals surface area contributed by atoms with Gasteiger partial charge in [0.2, 0.25) is 0 Å². The van der Waals surface area contributed by atoms with Gasteiger partial charge in [0, 0.05) is 28.4 Å².